The third kappa shape index (κ3) is 6.79. The van der Waals surface area contributed by atoms with Crippen LogP contribution in [-0.2, 0) is 9.59 Å². The molecule has 14 heteroatoms. The molecule has 0 saturated carbocycles. The van der Waals surface area contributed by atoms with E-state index in [0.29, 0.717) is 8.95 Å². The van der Waals surface area contributed by atoms with E-state index in [1.807, 2.05) is 0 Å². The molecule has 3 unspecified atom stereocenters. The molecule has 6 aromatic rings. The van der Waals surface area contributed by atoms with E-state index in [4.69, 9.17) is 0 Å². The SMILES string of the molecule is Cc1c(C(CCC(C)C(C(=O)O)c2c(C)n(C(=O)c3ccc(Br)cc3)c3cc(F)c(O)cc23)C(=O)O)c2cc(O)c(F)cc2n1C(=O)c1ccc(Br)cc1. The molecule has 0 radical (unpaired) electrons. The van der Waals surface area contributed by atoms with Gasteiger partial charge in [0.05, 0.1) is 22.9 Å². The Balaban J connectivity index is 1.42. The number of hydrogen-bond donors (Lipinski definition) is 4. The standard InChI is InChI=1S/C40H32Br2F2N2O8/c1-18(34(40(53)54)36-20(3)46(31-17-29(44)33(48)15-27(31)36)38(50)22-7-11-24(42)12-8-22)4-13-25(39(51)52)35-19(2)45(30-16-28(43)32(47)14-26(30)35)37(49)21-5-9-23(41)10-6-21/h5-12,14-18,25,34,47-48H,4,13H2,1-3H3,(H,51,52)(H,53,54). The lowest BCUT2D eigenvalue weighted by Crippen LogP contribution is -2.23. The molecular weight excluding hydrogens is 834 g/mol. The molecule has 3 atom stereocenters. The first-order chi connectivity index (χ1) is 25.5. The smallest absolute Gasteiger partial charge is 0.311 e. The number of carboxylic acid groups (broad SMARTS) is 2. The van der Waals surface area contributed by atoms with Crippen LogP contribution < -0.4 is 0 Å². The predicted octanol–water partition coefficient (Wildman–Crippen LogP) is 9.26. The van der Waals surface area contributed by atoms with Crippen LogP contribution in [0.15, 0.2) is 81.7 Å². The molecule has 0 saturated heterocycles. The number of benzene rings is 4. The van der Waals surface area contributed by atoms with Gasteiger partial charge >= 0.3 is 11.9 Å². The number of aliphatic carboxylic acids is 2. The van der Waals surface area contributed by atoms with Gasteiger partial charge in [-0.3, -0.25) is 28.3 Å². The van der Waals surface area contributed by atoms with Gasteiger partial charge in [0.2, 0.25) is 0 Å². The molecule has 6 rings (SSSR count). The fraction of sp³-hybridized carbons (Fsp3) is 0.200. The zero-order valence-electron chi connectivity index (χ0n) is 28.9. The van der Waals surface area contributed by atoms with Crippen LogP contribution in [0, 0.1) is 31.4 Å². The second-order valence-electron chi connectivity index (χ2n) is 13.2. The number of fused-ring (bicyclic) bond motifs is 2. The van der Waals surface area contributed by atoms with E-state index in [2.05, 4.69) is 31.9 Å². The molecule has 54 heavy (non-hydrogen) atoms. The van der Waals surface area contributed by atoms with E-state index in [1.165, 1.54) is 23.0 Å². The van der Waals surface area contributed by atoms with Crippen LogP contribution in [0.25, 0.3) is 21.8 Å². The van der Waals surface area contributed by atoms with Crippen molar-refractivity contribution in [2.75, 3.05) is 0 Å². The molecule has 0 spiro atoms. The number of nitrogens with zero attached hydrogens (tertiary/aromatic N) is 2. The number of aromatic hydroxyl groups is 2. The Kier molecular flexibility index (Phi) is 10.5. The maximum absolute atomic E-state index is 14.8. The monoisotopic (exact) mass is 864 g/mol. The Labute approximate surface area is 323 Å². The van der Waals surface area contributed by atoms with Crippen LogP contribution in [0.2, 0.25) is 0 Å². The normalized spacial score (nSPS) is 13.2. The molecule has 0 aliphatic carbocycles. The molecule has 0 amide bonds. The number of carbonyl (C=O) groups excluding carboxylic acids is 2. The topological polar surface area (TPSA) is 159 Å². The van der Waals surface area contributed by atoms with E-state index in [1.54, 1.807) is 55.5 Å². The minimum atomic E-state index is -1.36. The van der Waals surface area contributed by atoms with Gasteiger partial charge in [0.25, 0.3) is 11.8 Å². The van der Waals surface area contributed by atoms with Gasteiger partial charge in [-0.1, -0.05) is 38.8 Å². The number of rotatable bonds is 10. The number of aromatic nitrogens is 2. The van der Waals surface area contributed by atoms with Crippen LogP contribution in [0.4, 0.5) is 8.78 Å². The van der Waals surface area contributed by atoms with Gasteiger partial charge in [-0.15, -0.1) is 0 Å². The van der Waals surface area contributed by atoms with Crippen molar-refractivity contribution in [3.63, 3.8) is 0 Å². The third-order valence-corrected chi connectivity index (χ3v) is 11.0. The lowest BCUT2D eigenvalue weighted by atomic mass is 9.80. The quantitative estimate of drug-likeness (QED) is 0.106. The average Bonchev–Trinajstić information content (AvgIpc) is 3.53. The molecular formula is C40H32Br2F2N2O8. The first-order valence-electron chi connectivity index (χ1n) is 16.6. The Morgan fingerprint density at radius 1 is 0.648 bits per heavy atom. The van der Waals surface area contributed by atoms with Crippen molar-refractivity contribution >= 4 is 77.4 Å². The maximum atomic E-state index is 14.8. The highest BCUT2D eigenvalue weighted by atomic mass is 79.9. The summed E-state index contributed by atoms with van der Waals surface area (Å²) in [6, 6.07) is 16.9. The molecule has 0 aliphatic heterocycles. The lowest BCUT2D eigenvalue weighted by Gasteiger charge is -2.23. The molecule has 0 aliphatic rings. The number of phenolic OH excluding ortho intramolecular Hbond substituents is 2. The molecule has 2 heterocycles. The summed E-state index contributed by atoms with van der Waals surface area (Å²) in [7, 11) is 0. The fourth-order valence-electron chi connectivity index (χ4n) is 7.33. The van der Waals surface area contributed by atoms with E-state index < -0.39 is 64.6 Å². The zero-order valence-corrected chi connectivity index (χ0v) is 32.1. The van der Waals surface area contributed by atoms with E-state index in [9.17, 15) is 48.4 Å². The highest BCUT2D eigenvalue weighted by Gasteiger charge is 2.36. The molecule has 4 aromatic carbocycles. The molecule has 2 aromatic heterocycles. The third-order valence-electron chi connectivity index (χ3n) is 9.93. The van der Waals surface area contributed by atoms with Crippen molar-refractivity contribution in [3.8, 4) is 11.5 Å². The van der Waals surface area contributed by atoms with Crippen molar-refractivity contribution in [2.45, 2.75) is 45.4 Å². The minimum absolute atomic E-state index is 0.0200. The van der Waals surface area contributed by atoms with E-state index in [0.717, 1.165) is 24.3 Å². The Morgan fingerprint density at radius 3 is 1.46 bits per heavy atom. The largest absolute Gasteiger partial charge is 0.505 e. The van der Waals surface area contributed by atoms with Crippen molar-refractivity contribution in [1.82, 2.24) is 9.13 Å². The summed E-state index contributed by atoms with van der Waals surface area (Å²) in [5, 5.41) is 42.2. The van der Waals surface area contributed by atoms with Crippen LogP contribution >= 0.6 is 31.9 Å². The number of hydrogen-bond acceptors (Lipinski definition) is 6. The lowest BCUT2D eigenvalue weighted by molar-refractivity contribution is -0.140. The molecule has 278 valence electrons. The number of phenols is 2. The van der Waals surface area contributed by atoms with Crippen molar-refractivity contribution in [3.05, 3.63) is 127 Å². The van der Waals surface area contributed by atoms with E-state index in [-0.39, 0.29) is 68.3 Å². The number of carboxylic acids is 2. The summed E-state index contributed by atoms with van der Waals surface area (Å²) in [5.74, 6) is -10.7. The first-order valence-corrected chi connectivity index (χ1v) is 18.2. The summed E-state index contributed by atoms with van der Waals surface area (Å²) in [6.45, 7) is 4.65. The second kappa shape index (κ2) is 14.8. The molecule has 0 fully saturated rings. The van der Waals surface area contributed by atoms with Gasteiger partial charge in [0, 0.05) is 54.4 Å². The number of carbonyl (C=O) groups is 4. The van der Waals surface area contributed by atoms with Crippen molar-refractivity contribution in [2.24, 2.45) is 5.92 Å². The van der Waals surface area contributed by atoms with Crippen molar-refractivity contribution < 1.29 is 48.4 Å². The zero-order chi connectivity index (χ0) is 39.3. The van der Waals surface area contributed by atoms with Crippen LogP contribution in [-0.4, -0.2) is 53.3 Å². The second-order valence-corrected chi connectivity index (χ2v) is 15.0. The van der Waals surface area contributed by atoms with Gasteiger partial charge in [-0.05, 0) is 104 Å². The summed E-state index contributed by atoms with van der Waals surface area (Å²) in [5.41, 5.74) is 1.23. The van der Waals surface area contributed by atoms with Gasteiger partial charge < -0.3 is 20.4 Å². The molecule has 4 N–H and O–H groups in total. The minimum Gasteiger partial charge on any atom is -0.505 e. The van der Waals surface area contributed by atoms with Gasteiger partial charge in [-0.2, -0.15) is 0 Å². The highest BCUT2D eigenvalue weighted by molar-refractivity contribution is 9.10. The summed E-state index contributed by atoms with van der Waals surface area (Å²) < 4.78 is 33.4. The Morgan fingerprint density at radius 2 is 1.06 bits per heavy atom. The summed E-state index contributed by atoms with van der Waals surface area (Å²) >= 11 is 6.65. The van der Waals surface area contributed by atoms with Crippen molar-refractivity contribution in [1.29, 1.82) is 0 Å². The maximum Gasteiger partial charge on any atom is 0.311 e. The average molecular weight is 867 g/mol. The predicted molar refractivity (Wildman–Crippen MR) is 203 cm³/mol. The number of halogens is 4. The van der Waals surface area contributed by atoms with Crippen LogP contribution in [0.1, 0.15) is 74.8 Å². The molecule has 10 nitrogen and oxygen atoms in total. The van der Waals surface area contributed by atoms with Crippen LogP contribution in [0.3, 0.4) is 0 Å². The van der Waals surface area contributed by atoms with Gasteiger partial charge in [0.15, 0.2) is 23.1 Å². The Hall–Kier alpha value is -5.34. The highest BCUT2D eigenvalue weighted by Crippen LogP contribution is 2.43. The summed E-state index contributed by atoms with van der Waals surface area (Å²) in [4.78, 5) is 53.7. The van der Waals surface area contributed by atoms with Gasteiger partial charge in [0.1, 0.15) is 0 Å². The molecule has 0 bridgehead atoms. The van der Waals surface area contributed by atoms with E-state index >= 15 is 0 Å². The Bertz CT molecular complexity index is 2510. The van der Waals surface area contributed by atoms with Crippen LogP contribution in [0.5, 0.6) is 11.5 Å². The first kappa shape index (κ1) is 38.4. The summed E-state index contributed by atoms with van der Waals surface area (Å²) in [6.07, 6.45) is -0.173. The van der Waals surface area contributed by atoms with Gasteiger partial charge in [-0.25, -0.2) is 8.78 Å². The fourth-order valence-corrected chi connectivity index (χ4v) is 7.86.